The Kier molecular flexibility index (Phi) is 5.40. The van der Waals surface area contributed by atoms with Crippen molar-refractivity contribution in [3.05, 3.63) is 0 Å². The van der Waals surface area contributed by atoms with E-state index in [0.29, 0.717) is 11.3 Å². The lowest BCUT2D eigenvalue weighted by Crippen LogP contribution is -2.37. The first-order chi connectivity index (χ1) is 10.7. The molecule has 3 fully saturated rings. The van der Waals surface area contributed by atoms with Gasteiger partial charge in [-0.1, -0.05) is 25.7 Å². The third-order valence-corrected chi connectivity index (χ3v) is 6.15. The number of methoxy groups -OCH3 is 1. The van der Waals surface area contributed by atoms with Crippen LogP contribution < -0.4 is 0 Å². The van der Waals surface area contributed by atoms with E-state index < -0.39 is 0 Å². The molecule has 1 aliphatic carbocycles. The van der Waals surface area contributed by atoms with Gasteiger partial charge in [-0.15, -0.1) is 0 Å². The van der Waals surface area contributed by atoms with Gasteiger partial charge in [0.2, 0.25) is 5.91 Å². The van der Waals surface area contributed by atoms with Crippen molar-refractivity contribution in [2.24, 2.45) is 11.3 Å². The summed E-state index contributed by atoms with van der Waals surface area (Å²) in [6.07, 6.45) is 10.5. The number of rotatable bonds is 4. The molecule has 1 saturated carbocycles. The average Bonchev–Trinajstić information content (AvgIpc) is 3.09. The van der Waals surface area contributed by atoms with Crippen LogP contribution in [0.25, 0.3) is 0 Å². The summed E-state index contributed by atoms with van der Waals surface area (Å²) in [6, 6.07) is 0. The summed E-state index contributed by atoms with van der Waals surface area (Å²) < 4.78 is 5.15. The number of carbonyl (C=O) groups excluding carboxylic acids is 1. The fourth-order valence-electron chi connectivity index (χ4n) is 4.73. The molecule has 0 radical (unpaired) electrons. The Hall–Kier alpha value is -0.610. The predicted octanol–water partition coefficient (Wildman–Crippen LogP) is 2.53. The van der Waals surface area contributed by atoms with E-state index in [1.54, 1.807) is 7.11 Å². The topological polar surface area (TPSA) is 32.8 Å². The van der Waals surface area contributed by atoms with E-state index in [1.807, 2.05) is 0 Å². The minimum atomic E-state index is 0.234. The largest absolute Gasteiger partial charge is 0.383 e. The van der Waals surface area contributed by atoms with Gasteiger partial charge in [-0.25, -0.2) is 0 Å². The average molecular weight is 308 g/mol. The van der Waals surface area contributed by atoms with Crippen LogP contribution in [0.15, 0.2) is 0 Å². The second-order valence-electron chi connectivity index (χ2n) is 7.70. The van der Waals surface area contributed by atoms with E-state index in [2.05, 4.69) is 9.80 Å². The molecule has 0 bridgehead atoms. The number of hydrogen-bond acceptors (Lipinski definition) is 3. The third-order valence-electron chi connectivity index (χ3n) is 6.15. The van der Waals surface area contributed by atoms with Crippen LogP contribution in [0.1, 0.15) is 51.4 Å². The maximum atomic E-state index is 12.8. The van der Waals surface area contributed by atoms with Crippen molar-refractivity contribution in [2.75, 3.05) is 46.4 Å². The highest BCUT2D eigenvalue weighted by atomic mass is 16.5. The molecular weight excluding hydrogens is 276 g/mol. The quantitative estimate of drug-likeness (QED) is 0.800. The second-order valence-corrected chi connectivity index (χ2v) is 7.70. The zero-order valence-corrected chi connectivity index (χ0v) is 14.2. The van der Waals surface area contributed by atoms with Gasteiger partial charge in [0.25, 0.3) is 0 Å². The Labute approximate surface area is 135 Å². The first-order valence-electron chi connectivity index (χ1n) is 9.23. The van der Waals surface area contributed by atoms with Crippen LogP contribution in [0.4, 0.5) is 0 Å². The van der Waals surface area contributed by atoms with Crippen LogP contribution in [0.3, 0.4) is 0 Å². The number of ether oxygens (including phenoxy) is 1. The predicted molar refractivity (Wildman–Crippen MR) is 87.8 cm³/mol. The minimum absolute atomic E-state index is 0.234. The molecule has 2 heterocycles. The van der Waals surface area contributed by atoms with E-state index in [1.165, 1.54) is 44.9 Å². The van der Waals surface area contributed by atoms with Gasteiger partial charge in [-0.2, -0.15) is 0 Å². The molecule has 4 nitrogen and oxygen atoms in total. The number of amides is 1. The maximum absolute atomic E-state index is 12.8. The molecule has 1 atom stereocenters. The van der Waals surface area contributed by atoms with Gasteiger partial charge in [0, 0.05) is 33.3 Å². The van der Waals surface area contributed by atoms with Crippen molar-refractivity contribution in [2.45, 2.75) is 51.4 Å². The molecule has 126 valence electrons. The molecule has 22 heavy (non-hydrogen) atoms. The summed E-state index contributed by atoms with van der Waals surface area (Å²) in [5, 5.41) is 0. The van der Waals surface area contributed by atoms with Crippen LogP contribution in [0, 0.1) is 11.3 Å². The Morgan fingerprint density at radius 1 is 1.14 bits per heavy atom. The van der Waals surface area contributed by atoms with E-state index in [9.17, 15) is 4.79 Å². The van der Waals surface area contributed by atoms with Gasteiger partial charge in [0.15, 0.2) is 0 Å². The van der Waals surface area contributed by atoms with Crippen LogP contribution in [0.2, 0.25) is 0 Å². The number of likely N-dealkylation sites (tertiary alicyclic amines) is 2. The van der Waals surface area contributed by atoms with Gasteiger partial charge in [-0.3, -0.25) is 4.79 Å². The Bertz CT molecular complexity index is 377. The lowest BCUT2D eigenvalue weighted by atomic mass is 9.80. The summed E-state index contributed by atoms with van der Waals surface area (Å²) in [5.41, 5.74) is 0.473. The monoisotopic (exact) mass is 308 g/mol. The SMILES string of the molecule is COCCN1CCC(C(=O)N2CCC3(CCCCCC3)C2)C1. The van der Waals surface area contributed by atoms with Gasteiger partial charge in [0.05, 0.1) is 12.5 Å². The molecule has 2 saturated heterocycles. The number of carbonyl (C=O) groups is 1. The summed E-state index contributed by atoms with van der Waals surface area (Å²) in [6.45, 7) is 5.77. The Balaban J connectivity index is 1.51. The molecule has 1 spiro atoms. The zero-order chi connectivity index (χ0) is 15.4. The molecular formula is C18H32N2O2. The van der Waals surface area contributed by atoms with E-state index >= 15 is 0 Å². The van der Waals surface area contributed by atoms with Crippen molar-refractivity contribution in [1.82, 2.24) is 9.80 Å². The van der Waals surface area contributed by atoms with E-state index in [-0.39, 0.29) is 5.92 Å². The number of hydrogen-bond donors (Lipinski definition) is 0. The summed E-state index contributed by atoms with van der Waals surface area (Å²) >= 11 is 0. The molecule has 1 unspecified atom stereocenters. The molecule has 0 aromatic rings. The molecule has 4 heteroatoms. The van der Waals surface area contributed by atoms with Crippen molar-refractivity contribution in [3.8, 4) is 0 Å². The summed E-state index contributed by atoms with van der Waals surface area (Å²) in [5.74, 6) is 0.666. The maximum Gasteiger partial charge on any atom is 0.227 e. The normalized spacial score (nSPS) is 29.1. The highest BCUT2D eigenvalue weighted by molar-refractivity contribution is 5.79. The standard InChI is InChI=1S/C18H32N2O2/c1-22-13-12-19-10-6-16(14-19)17(21)20-11-9-18(15-20)7-4-2-3-5-8-18/h16H,2-15H2,1H3. The molecule has 3 aliphatic rings. The smallest absolute Gasteiger partial charge is 0.227 e. The van der Waals surface area contributed by atoms with E-state index in [4.69, 9.17) is 4.74 Å². The molecule has 0 aromatic carbocycles. The Morgan fingerprint density at radius 3 is 2.64 bits per heavy atom. The lowest BCUT2D eigenvalue weighted by molar-refractivity contribution is -0.134. The van der Waals surface area contributed by atoms with Crippen molar-refractivity contribution < 1.29 is 9.53 Å². The highest BCUT2D eigenvalue weighted by Crippen LogP contribution is 2.43. The van der Waals surface area contributed by atoms with Gasteiger partial charge in [0.1, 0.15) is 0 Å². The first kappa shape index (κ1) is 16.3. The Morgan fingerprint density at radius 2 is 1.91 bits per heavy atom. The molecule has 1 amide bonds. The highest BCUT2D eigenvalue weighted by Gasteiger charge is 2.42. The summed E-state index contributed by atoms with van der Waals surface area (Å²) in [4.78, 5) is 17.4. The molecule has 2 aliphatic heterocycles. The van der Waals surface area contributed by atoms with Crippen molar-refractivity contribution in [3.63, 3.8) is 0 Å². The first-order valence-corrected chi connectivity index (χ1v) is 9.23. The minimum Gasteiger partial charge on any atom is -0.383 e. The number of nitrogens with zero attached hydrogens (tertiary/aromatic N) is 2. The van der Waals surface area contributed by atoms with Crippen LogP contribution in [-0.2, 0) is 9.53 Å². The van der Waals surface area contributed by atoms with E-state index in [0.717, 1.165) is 45.8 Å². The fourth-order valence-corrected chi connectivity index (χ4v) is 4.73. The van der Waals surface area contributed by atoms with Gasteiger partial charge in [-0.05, 0) is 37.6 Å². The molecule has 3 rings (SSSR count). The second kappa shape index (κ2) is 7.31. The van der Waals surface area contributed by atoms with Crippen LogP contribution in [0.5, 0.6) is 0 Å². The summed E-state index contributed by atoms with van der Waals surface area (Å²) in [7, 11) is 1.75. The fraction of sp³-hybridized carbons (Fsp3) is 0.944. The third kappa shape index (κ3) is 3.65. The van der Waals surface area contributed by atoms with Gasteiger partial charge < -0.3 is 14.5 Å². The zero-order valence-electron chi connectivity index (χ0n) is 14.2. The lowest BCUT2D eigenvalue weighted by Gasteiger charge is -2.28. The van der Waals surface area contributed by atoms with Gasteiger partial charge >= 0.3 is 0 Å². The molecule has 0 aromatic heterocycles. The van der Waals surface area contributed by atoms with Crippen LogP contribution >= 0.6 is 0 Å². The molecule has 0 N–H and O–H groups in total. The van der Waals surface area contributed by atoms with Crippen LogP contribution in [-0.4, -0.2) is 62.1 Å². The van der Waals surface area contributed by atoms with Crippen molar-refractivity contribution in [1.29, 1.82) is 0 Å². The van der Waals surface area contributed by atoms with Crippen molar-refractivity contribution >= 4 is 5.91 Å².